The minimum Gasteiger partial charge on any atom is -0.480 e. The summed E-state index contributed by atoms with van der Waals surface area (Å²) in [4.78, 5) is 11.1. The zero-order chi connectivity index (χ0) is 12.7. The van der Waals surface area contributed by atoms with E-state index in [2.05, 4.69) is 5.32 Å². The van der Waals surface area contributed by atoms with E-state index < -0.39 is 18.1 Å². The summed E-state index contributed by atoms with van der Waals surface area (Å²) in [5.41, 5.74) is 0.971. The fourth-order valence-electron chi connectivity index (χ4n) is 1.52. The van der Waals surface area contributed by atoms with Gasteiger partial charge in [0.2, 0.25) is 0 Å². The third kappa shape index (κ3) is 4.97. The van der Waals surface area contributed by atoms with Gasteiger partial charge in [0.15, 0.2) is 0 Å². The van der Waals surface area contributed by atoms with Gasteiger partial charge in [-0.25, -0.2) is 0 Å². The molecule has 0 spiro atoms. The van der Waals surface area contributed by atoms with Crippen molar-refractivity contribution in [3.63, 3.8) is 0 Å². The van der Waals surface area contributed by atoms with Crippen molar-refractivity contribution in [2.75, 3.05) is 6.54 Å². The molecule has 2 unspecified atom stereocenters. The highest BCUT2D eigenvalue weighted by Crippen LogP contribution is 2.03. The minimum absolute atomic E-state index is 0.306. The summed E-state index contributed by atoms with van der Waals surface area (Å²) in [5.74, 6) is -0.892. The van der Waals surface area contributed by atoms with Crippen LogP contribution in [0.2, 0.25) is 0 Å². The number of aliphatic hydroxyl groups is 1. The third-order valence-electron chi connectivity index (χ3n) is 2.65. The summed E-state index contributed by atoms with van der Waals surface area (Å²) in [7, 11) is 0. The van der Waals surface area contributed by atoms with Crippen LogP contribution in [0.4, 0.5) is 0 Å². The van der Waals surface area contributed by atoms with Gasteiger partial charge in [0, 0.05) is 6.54 Å². The van der Waals surface area contributed by atoms with Crippen molar-refractivity contribution < 1.29 is 15.0 Å². The fraction of sp³-hybridized carbons (Fsp3) is 0.462. The molecule has 94 valence electrons. The molecule has 0 radical (unpaired) electrons. The van der Waals surface area contributed by atoms with Crippen LogP contribution < -0.4 is 5.32 Å². The van der Waals surface area contributed by atoms with Crippen LogP contribution in [-0.4, -0.2) is 34.9 Å². The van der Waals surface area contributed by atoms with E-state index in [4.69, 9.17) is 5.11 Å². The Kier molecular flexibility index (Phi) is 5.66. The van der Waals surface area contributed by atoms with Gasteiger partial charge >= 0.3 is 5.97 Å². The Bertz CT molecular complexity index is 340. The summed E-state index contributed by atoms with van der Waals surface area (Å²) < 4.78 is 0. The Hall–Kier alpha value is -1.39. The highest BCUT2D eigenvalue weighted by atomic mass is 16.4. The molecule has 0 fully saturated rings. The van der Waals surface area contributed by atoms with E-state index in [9.17, 15) is 9.90 Å². The van der Waals surface area contributed by atoms with E-state index in [0.717, 1.165) is 5.56 Å². The van der Waals surface area contributed by atoms with Crippen LogP contribution in [0.5, 0.6) is 0 Å². The van der Waals surface area contributed by atoms with Gasteiger partial charge < -0.3 is 15.5 Å². The van der Waals surface area contributed by atoms with Crippen LogP contribution >= 0.6 is 0 Å². The number of aliphatic carboxylic acids is 1. The molecule has 1 aromatic rings. The number of benzene rings is 1. The maximum atomic E-state index is 11.1. The van der Waals surface area contributed by atoms with Crippen molar-refractivity contribution in [2.24, 2.45) is 0 Å². The highest BCUT2D eigenvalue weighted by molar-refractivity contribution is 5.73. The van der Waals surface area contributed by atoms with Crippen molar-refractivity contribution in [2.45, 2.75) is 31.9 Å². The molecule has 3 N–H and O–H groups in total. The molecule has 0 heterocycles. The van der Waals surface area contributed by atoms with Crippen LogP contribution in [0.15, 0.2) is 30.3 Å². The molecule has 1 rings (SSSR count). The van der Waals surface area contributed by atoms with Gasteiger partial charge in [0.05, 0.1) is 6.10 Å². The van der Waals surface area contributed by atoms with E-state index in [1.54, 1.807) is 0 Å². The maximum Gasteiger partial charge on any atom is 0.321 e. The first kappa shape index (κ1) is 13.7. The quantitative estimate of drug-likeness (QED) is 0.663. The number of nitrogens with one attached hydrogen (secondary N) is 1. The second-order valence-corrected chi connectivity index (χ2v) is 4.05. The lowest BCUT2D eigenvalue weighted by molar-refractivity contribution is -0.139. The predicted octanol–water partition coefficient (Wildman–Crippen LogP) is 1.04. The van der Waals surface area contributed by atoms with E-state index in [-0.39, 0.29) is 0 Å². The Morgan fingerprint density at radius 2 is 2.00 bits per heavy atom. The summed E-state index contributed by atoms with van der Waals surface area (Å²) in [5, 5.41) is 21.3. The van der Waals surface area contributed by atoms with E-state index in [0.29, 0.717) is 19.4 Å². The molecule has 2 atom stereocenters. The number of carboxylic acid groups (broad SMARTS) is 1. The molecule has 4 nitrogen and oxygen atoms in total. The number of hydrogen-bond donors (Lipinski definition) is 3. The van der Waals surface area contributed by atoms with Crippen molar-refractivity contribution >= 4 is 5.97 Å². The van der Waals surface area contributed by atoms with Crippen molar-refractivity contribution in [3.8, 4) is 0 Å². The van der Waals surface area contributed by atoms with Crippen LogP contribution in [0, 0.1) is 0 Å². The minimum atomic E-state index is -0.892. The molecule has 0 bridgehead atoms. The molecule has 17 heavy (non-hydrogen) atoms. The lowest BCUT2D eigenvalue weighted by Gasteiger charge is -2.16. The van der Waals surface area contributed by atoms with Gasteiger partial charge in [-0.15, -0.1) is 0 Å². The average molecular weight is 237 g/mol. The first-order valence-electron chi connectivity index (χ1n) is 5.81. The van der Waals surface area contributed by atoms with Crippen molar-refractivity contribution in [1.29, 1.82) is 0 Å². The van der Waals surface area contributed by atoms with Gasteiger partial charge in [-0.1, -0.05) is 37.3 Å². The summed E-state index contributed by atoms with van der Waals surface area (Å²) >= 11 is 0. The van der Waals surface area contributed by atoms with Gasteiger partial charge in [-0.2, -0.15) is 0 Å². The van der Waals surface area contributed by atoms with Crippen molar-refractivity contribution in [1.82, 2.24) is 5.32 Å². The summed E-state index contributed by atoms with van der Waals surface area (Å²) in [6, 6.07) is 8.80. The highest BCUT2D eigenvalue weighted by Gasteiger charge is 2.18. The largest absolute Gasteiger partial charge is 0.480 e. The molecule has 4 heteroatoms. The number of hydrogen-bond acceptors (Lipinski definition) is 3. The van der Waals surface area contributed by atoms with Gasteiger partial charge in [0.1, 0.15) is 6.04 Å². The standard InChI is InChI=1S/C13H19NO3/c1-2-11(15)9-14-12(13(16)17)8-10-6-4-3-5-7-10/h3-7,11-12,14-15H,2,8-9H2,1H3,(H,16,17). The average Bonchev–Trinajstić information content (AvgIpc) is 2.34. The Morgan fingerprint density at radius 3 is 2.53 bits per heavy atom. The molecule has 0 amide bonds. The Balaban J connectivity index is 2.52. The predicted molar refractivity (Wildman–Crippen MR) is 65.9 cm³/mol. The van der Waals surface area contributed by atoms with E-state index >= 15 is 0 Å². The van der Waals surface area contributed by atoms with Crippen molar-refractivity contribution in [3.05, 3.63) is 35.9 Å². The molecule has 0 saturated carbocycles. The van der Waals surface area contributed by atoms with E-state index in [1.807, 2.05) is 37.3 Å². The fourth-order valence-corrected chi connectivity index (χ4v) is 1.52. The van der Waals surface area contributed by atoms with E-state index in [1.165, 1.54) is 0 Å². The molecule has 0 saturated heterocycles. The van der Waals surface area contributed by atoms with Crippen LogP contribution in [0.1, 0.15) is 18.9 Å². The molecular formula is C13H19NO3. The lowest BCUT2D eigenvalue weighted by Crippen LogP contribution is -2.42. The summed E-state index contributed by atoms with van der Waals surface area (Å²) in [6.45, 7) is 2.17. The third-order valence-corrected chi connectivity index (χ3v) is 2.65. The zero-order valence-corrected chi connectivity index (χ0v) is 9.97. The molecule has 0 aromatic heterocycles. The topological polar surface area (TPSA) is 69.6 Å². The second-order valence-electron chi connectivity index (χ2n) is 4.05. The number of carbonyl (C=O) groups is 1. The Labute approximate surface area is 101 Å². The molecule has 0 aliphatic rings. The van der Waals surface area contributed by atoms with Gasteiger partial charge in [-0.05, 0) is 18.4 Å². The number of aliphatic hydroxyl groups excluding tert-OH is 1. The molecule has 0 aliphatic heterocycles. The molecular weight excluding hydrogens is 218 g/mol. The Morgan fingerprint density at radius 1 is 1.35 bits per heavy atom. The maximum absolute atomic E-state index is 11.1. The second kappa shape index (κ2) is 7.04. The lowest BCUT2D eigenvalue weighted by atomic mass is 10.1. The monoisotopic (exact) mass is 237 g/mol. The summed E-state index contributed by atoms with van der Waals surface area (Å²) in [6.07, 6.45) is 0.546. The first-order valence-corrected chi connectivity index (χ1v) is 5.81. The first-order chi connectivity index (χ1) is 8.13. The molecule has 0 aliphatic carbocycles. The normalized spacial score (nSPS) is 14.2. The SMILES string of the molecule is CCC(O)CNC(Cc1ccccc1)C(=O)O. The molecule has 1 aromatic carbocycles. The van der Waals surface area contributed by atoms with Gasteiger partial charge in [0.25, 0.3) is 0 Å². The number of rotatable bonds is 7. The zero-order valence-electron chi connectivity index (χ0n) is 9.97. The van der Waals surface area contributed by atoms with Crippen LogP contribution in [0.3, 0.4) is 0 Å². The smallest absolute Gasteiger partial charge is 0.321 e. The number of carboxylic acids is 1. The van der Waals surface area contributed by atoms with Crippen LogP contribution in [0.25, 0.3) is 0 Å². The van der Waals surface area contributed by atoms with Gasteiger partial charge in [-0.3, -0.25) is 4.79 Å². The van der Waals surface area contributed by atoms with Crippen LogP contribution in [-0.2, 0) is 11.2 Å².